The van der Waals surface area contributed by atoms with Gasteiger partial charge in [-0.15, -0.1) is 0 Å². The highest BCUT2D eigenvalue weighted by molar-refractivity contribution is 5.93. The maximum Gasteiger partial charge on any atom is 0.307 e. The number of carboxylic acid groups (broad SMARTS) is 1. The van der Waals surface area contributed by atoms with Gasteiger partial charge < -0.3 is 9.84 Å². The number of benzene rings is 1. The fourth-order valence-electron chi connectivity index (χ4n) is 6.29. The second-order valence-corrected chi connectivity index (χ2v) is 11.2. The van der Waals surface area contributed by atoms with Crippen LogP contribution in [0.15, 0.2) is 42.5 Å². The van der Waals surface area contributed by atoms with Crippen molar-refractivity contribution in [1.29, 1.82) is 0 Å². The molecule has 192 valence electrons. The summed E-state index contributed by atoms with van der Waals surface area (Å²) < 4.78 is 6.02. The molecule has 0 amide bonds. The van der Waals surface area contributed by atoms with Crippen LogP contribution in [0.5, 0.6) is 0 Å². The van der Waals surface area contributed by atoms with E-state index < -0.39 is 17.3 Å². The summed E-state index contributed by atoms with van der Waals surface area (Å²) in [6.45, 7) is 0.409. The molecule has 1 aromatic heterocycles. The predicted molar refractivity (Wildman–Crippen MR) is 139 cm³/mol. The van der Waals surface area contributed by atoms with Gasteiger partial charge in [-0.1, -0.05) is 42.8 Å². The van der Waals surface area contributed by atoms with E-state index in [4.69, 9.17) is 9.72 Å². The SMILES string of the molecule is O=C(O)C(CCOC1CC(CCc2ccc3c(n2)CCCC3)C1)CC(=O)C1(c2ccccc2)CCC1. The average Bonchev–Trinajstić information content (AvgIpc) is 2.84. The Bertz CT molecular complexity index is 1060. The molecule has 1 unspecified atom stereocenters. The van der Waals surface area contributed by atoms with Crippen LogP contribution < -0.4 is 0 Å². The molecular weight excluding hydrogens is 450 g/mol. The van der Waals surface area contributed by atoms with Crippen LogP contribution in [-0.4, -0.2) is 34.6 Å². The monoisotopic (exact) mass is 489 g/mol. The van der Waals surface area contributed by atoms with E-state index in [2.05, 4.69) is 12.1 Å². The summed E-state index contributed by atoms with van der Waals surface area (Å²) in [6, 6.07) is 14.4. The fourth-order valence-corrected chi connectivity index (χ4v) is 6.29. The van der Waals surface area contributed by atoms with E-state index in [-0.39, 0.29) is 18.3 Å². The number of ether oxygens (including phenoxy) is 1. The lowest BCUT2D eigenvalue weighted by Gasteiger charge is -2.41. The molecule has 1 aromatic carbocycles. The van der Waals surface area contributed by atoms with Gasteiger partial charge in [0, 0.05) is 24.4 Å². The van der Waals surface area contributed by atoms with Crippen LogP contribution >= 0.6 is 0 Å². The van der Waals surface area contributed by atoms with E-state index in [9.17, 15) is 14.7 Å². The van der Waals surface area contributed by atoms with Crippen molar-refractivity contribution in [2.24, 2.45) is 11.8 Å². The van der Waals surface area contributed by atoms with Gasteiger partial charge in [0.2, 0.25) is 0 Å². The lowest BCUT2D eigenvalue weighted by atomic mass is 9.60. The number of pyridine rings is 1. The highest BCUT2D eigenvalue weighted by Gasteiger charge is 2.46. The molecule has 5 nitrogen and oxygen atoms in total. The predicted octanol–water partition coefficient (Wildman–Crippen LogP) is 5.86. The van der Waals surface area contributed by atoms with Crippen molar-refractivity contribution in [2.75, 3.05) is 6.61 Å². The molecule has 2 fully saturated rings. The molecule has 1 atom stereocenters. The number of rotatable bonds is 12. The van der Waals surface area contributed by atoms with E-state index in [1.807, 2.05) is 30.3 Å². The zero-order valence-corrected chi connectivity index (χ0v) is 21.3. The van der Waals surface area contributed by atoms with Gasteiger partial charge in [0.15, 0.2) is 0 Å². The third-order valence-electron chi connectivity index (χ3n) is 8.91. The zero-order valence-electron chi connectivity index (χ0n) is 21.3. The lowest BCUT2D eigenvalue weighted by molar-refractivity contribution is -0.146. The first-order valence-corrected chi connectivity index (χ1v) is 13.9. The molecule has 5 heteroatoms. The Morgan fingerprint density at radius 1 is 1.03 bits per heavy atom. The first-order chi connectivity index (χ1) is 17.5. The van der Waals surface area contributed by atoms with Crippen LogP contribution in [0.2, 0.25) is 0 Å². The summed E-state index contributed by atoms with van der Waals surface area (Å²) in [6.07, 6.45) is 12.5. The normalized spacial score (nSPS) is 23.1. The van der Waals surface area contributed by atoms with E-state index in [1.54, 1.807) is 0 Å². The Labute approximate surface area is 214 Å². The molecule has 0 saturated heterocycles. The number of aryl methyl sites for hydroxylation is 3. The van der Waals surface area contributed by atoms with Crippen LogP contribution in [0.4, 0.5) is 0 Å². The molecule has 36 heavy (non-hydrogen) atoms. The van der Waals surface area contributed by atoms with Crippen LogP contribution in [0.3, 0.4) is 0 Å². The quantitative estimate of drug-likeness (QED) is 0.404. The topological polar surface area (TPSA) is 76.5 Å². The number of hydrogen-bond donors (Lipinski definition) is 1. The lowest BCUT2D eigenvalue weighted by Crippen LogP contribution is -2.43. The summed E-state index contributed by atoms with van der Waals surface area (Å²) in [4.78, 5) is 30.0. The summed E-state index contributed by atoms with van der Waals surface area (Å²) in [5.41, 5.74) is 4.52. The first-order valence-electron chi connectivity index (χ1n) is 13.9. The number of carbonyl (C=O) groups excluding carboxylic acids is 1. The summed E-state index contributed by atoms with van der Waals surface area (Å²) in [5, 5.41) is 9.77. The average molecular weight is 490 g/mol. The number of carboxylic acids is 1. The van der Waals surface area contributed by atoms with Gasteiger partial charge in [0.05, 0.1) is 17.4 Å². The molecule has 0 aliphatic heterocycles. The minimum atomic E-state index is -0.890. The summed E-state index contributed by atoms with van der Waals surface area (Å²) in [5.74, 6) is -0.830. The second kappa shape index (κ2) is 11.2. The van der Waals surface area contributed by atoms with Gasteiger partial charge in [-0.3, -0.25) is 14.6 Å². The number of Topliss-reactive ketones (excluding diaryl/α,β-unsaturated/α-hetero) is 1. The van der Waals surface area contributed by atoms with Gasteiger partial charge in [-0.2, -0.15) is 0 Å². The first kappa shape index (κ1) is 25.1. The number of ketones is 1. The van der Waals surface area contributed by atoms with E-state index in [1.165, 1.54) is 36.2 Å². The van der Waals surface area contributed by atoms with Gasteiger partial charge >= 0.3 is 5.97 Å². The Morgan fingerprint density at radius 3 is 2.53 bits per heavy atom. The van der Waals surface area contributed by atoms with Crippen LogP contribution in [0.1, 0.15) is 86.7 Å². The molecule has 1 N–H and O–H groups in total. The molecule has 0 radical (unpaired) electrons. The van der Waals surface area contributed by atoms with Crippen molar-refractivity contribution >= 4 is 11.8 Å². The molecule has 0 spiro atoms. The van der Waals surface area contributed by atoms with Gasteiger partial charge in [-0.25, -0.2) is 0 Å². The number of hydrogen-bond acceptors (Lipinski definition) is 4. The smallest absolute Gasteiger partial charge is 0.307 e. The van der Waals surface area contributed by atoms with Crippen LogP contribution in [0, 0.1) is 11.8 Å². The second-order valence-electron chi connectivity index (χ2n) is 11.2. The Kier molecular flexibility index (Phi) is 7.85. The third kappa shape index (κ3) is 5.56. The standard InChI is InChI=1S/C31H39NO4/c33-29(31(16-6-17-31)25-8-2-1-3-9-25)21-24(30(34)35)15-18-36-27-19-22(20-27)11-13-26-14-12-23-7-4-5-10-28(23)32-26/h1-3,8-9,12,14,22,24,27H,4-7,10-11,13,15-21H2,(H,34,35). The minimum absolute atomic E-state index is 0.0758. The molecule has 5 rings (SSSR count). The van der Waals surface area contributed by atoms with E-state index >= 15 is 0 Å². The molecular formula is C31H39NO4. The van der Waals surface area contributed by atoms with Crippen LogP contribution in [0.25, 0.3) is 0 Å². The zero-order chi connectivity index (χ0) is 25.0. The highest BCUT2D eigenvalue weighted by Crippen LogP contribution is 2.46. The molecule has 2 saturated carbocycles. The van der Waals surface area contributed by atoms with Gasteiger partial charge in [0.25, 0.3) is 0 Å². The van der Waals surface area contributed by atoms with Crippen molar-refractivity contribution in [1.82, 2.24) is 4.98 Å². The summed E-state index contributed by atoms with van der Waals surface area (Å²) in [7, 11) is 0. The van der Waals surface area contributed by atoms with E-state index in [0.29, 0.717) is 18.9 Å². The maximum atomic E-state index is 13.2. The van der Waals surface area contributed by atoms with Crippen molar-refractivity contribution in [3.8, 4) is 0 Å². The third-order valence-corrected chi connectivity index (χ3v) is 8.91. The number of fused-ring (bicyclic) bond motifs is 1. The summed E-state index contributed by atoms with van der Waals surface area (Å²) >= 11 is 0. The van der Waals surface area contributed by atoms with Gasteiger partial charge in [-0.05, 0) is 93.7 Å². The Morgan fingerprint density at radius 2 is 1.81 bits per heavy atom. The van der Waals surface area contributed by atoms with Crippen LogP contribution in [-0.2, 0) is 39.0 Å². The molecule has 0 bridgehead atoms. The number of aromatic nitrogens is 1. The Hall–Kier alpha value is -2.53. The van der Waals surface area contributed by atoms with Crippen molar-refractivity contribution < 1.29 is 19.4 Å². The number of aliphatic carboxylic acids is 1. The number of nitrogens with zero attached hydrogens (tertiary/aromatic N) is 1. The maximum absolute atomic E-state index is 13.2. The largest absolute Gasteiger partial charge is 0.481 e. The highest BCUT2D eigenvalue weighted by atomic mass is 16.5. The fraction of sp³-hybridized carbons (Fsp3) is 0.581. The molecule has 1 heterocycles. The molecule has 3 aliphatic rings. The Balaban J connectivity index is 1.03. The van der Waals surface area contributed by atoms with Crippen molar-refractivity contribution in [2.45, 2.75) is 95.0 Å². The van der Waals surface area contributed by atoms with Crippen molar-refractivity contribution in [3.63, 3.8) is 0 Å². The minimum Gasteiger partial charge on any atom is -0.481 e. The molecule has 3 aliphatic carbocycles. The van der Waals surface area contributed by atoms with E-state index in [0.717, 1.165) is 56.9 Å². The number of carbonyl (C=O) groups is 2. The molecule has 2 aromatic rings. The van der Waals surface area contributed by atoms with Gasteiger partial charge in [0.1, 0.15) is 5.78 Å². The van der Waals surface area contributed by atoms with Crippen molar-refractivity contribution in [3.05, 3.63) is 65.0 Å².